The maximum Gasteiger partial charge on any atom is 0.257 e. The van der Waals surface area contributed by atoms with E-state index >= 15 is 0 Å². The summed E-state index contributed by atoms with van der Waals surface area (Å²) < 4.78 is 1.94. The summed E-state index contributed by atoms with van der Waals surface area (Å²) >= 11 is 0. The number of nitrogens with zero attached hydrogens (tertiary/aromatic N) is 3. The molecule has 1 aromatic rings. The monoisotopic (exact) mass is 262 g/mol. The zero-order chi connectivity index (χ0) is 13.1. The van der Waals surface area contributed by atoms with E-state index in [4.69, 9.17) is 0 Å². The number of amides is 1. The zero-order valence-electron chi connectivity index (χ0n) is 11.3. The summed E-state index contributed by atoms with van der Waals surface area (Å²) in [6, 6.07) is 0. The molecular formula is C14H22N4O. The van der Waals surface area contributed by atoms with Crippen molar-refractivity contribution in [1.82, 2.24) is 20.0 Å². The SMILES string of the molecule is O=C(c1cnn(CC2CCNCC2)c1)N1CCCC1. The lowest BCUT2D eigenvalue weighted by molar-refractivity contribution is 0.0792. The van der Waals surface area contributed by atoms with Crippen molar-refractivity contribution in [3.05, 3.63) is 18.0 Å². The number of nitrogens with one attached hydrogen (secondary N) is 1. The Morgan fingerprint density at radius 1 is 1.32 bits per heavy atom. The molecule has 1 amide bonds. The Balaban J connectivity index is 1.60. The van der Waals surface area contributed by atoms with Crippen LogP contribution < -0.4 is 5.32 Å². The number of carbonyl (C=O) groups is 1. The molecule has 5 heteroatoms. The van der Waals surface area contributed by atoms with E-state index in [9.17, 15) is 4.79 Å². The van der Waals surface area contributed by atoms with Crippen LogP contribution in [0.1, 0.15) is 36.0 Å². The fourth-order valence-corrected chi connectivity index (χ4v) is 3.01. The summed E-state index contributed by atoms with van der Waals surface area (Å²) in [4.78, 5) is 14.2. The number of hydrogen-bond donors (Lipinski definition) is 1. The Hall–Kier alpha value is -1.36. The van der Waals surface area contributed by atoms with Crippen LogP contribution in [0.5, 0.6) is 0 Å². The van der Waals surface area contributed by atoms with Crippen LogP contribution in [0.15, 0.2) is 12.4 Å². The third-order valence-corrected chi connectivity index (χ3v) is 4.18. The summed E-state index contributed by atoms with van der Waals surface area (Å²) in [7, 11) is 0. The minimum atomic E-state index is 0.147. The highest BCUT2D eigenvalue weighted by Gasteiger charge is 2.21. The van der Waals surface area contributed by atoms with E-state index in [1.807, 2.05) is 15.8 Å². The lowest BCUT2D eigenvalue weighted by atomic mass is 9.98. The van der Waals surface area contributed by atoms with Gasteiger partial charge in [-0.3, -0.25) is 9.48 Å². The predicted octanol–water partition coefficient (Wildman–Crippen LogP) is 1.12. The van der Waals surface area contributed by atoms with Crippen LogP contribution in [0.25, 0.3) is 0 Å². The third kappa shape index (κ3) is 2.97. The molecule has 104 valence electrons. The Morgan fingerprint density at radius 3 is 2.79 bits per heavy atom. The minimum Gasteiger partial charge on any atom is -0.339 e. The molecule has 2 aliphatic rings. The second-order valence-corrected chi connectivity index (χ2v) is 5.64. The van der Waals surface area contributed by atoms with Crippen molar-refractivity contribution in [2.24, 2.45) is 5.92 Å². The van der Waals surface area contributed by atoms with Crippen LogP contribution >= 0.6 is 0 Å². The van der Waals surface area contributed by atoms with E-state index in [0.29, 0.717) is 5.92 Å². The van der Waals surface area contributed by atoms with Gasteiger partial charge in [-0.25, -0.2) is 0 Å². The van der Waals surface area contributed by atoms with Crippen LogP contribution in [0.3, 0.4) is 0 Å². The molecule has 1 aromatic heterocycles. The van der Waals surface area contributed by atoms with E-state index in [1.54, 1.807) is 6.20 Å². The highest BCUT2D eigenvalue weighted by Crippen LogP contribution is 2.16. The molecule has 19 heavy (non-hydrogen) atoms. The van der Waals surface area contributed by atoms with E-state index in [-0.39, 0.29) is 5.91 Å². The van der Waals surface area contributed by atoms with Crippen LogP contribution in [0, 0.1) is 5.92 Å². The molecule has 3 heterocycles. The fourth-order valence-electron chi connectivity index (χ4n) is 3.01. The molecule has 0 unspecified atom stereocenters. The van der Waals surface area contributed by atoms with Crippen molar-refractivity contribution in [2.45, 2.75) is 32.2 Å². The number of rotatable bonds is 3. The summed E-state index contributed by atoms with van der Waals surface area (Å²) in [5.74, 6) is 0.838. The van der Waals surface area contributed by atoms with Crippen molar-refractivity contribution >= 4 is 5.91 Å². The maximum absolute atomic E-state index is 12.2. The Labute approximate surface area is 114 Å². The van der Waals surface area contributed by atoms with Gasteiger partial charge in [0.15, 0.2) is 0 Å². The Bertz CT molecular complexity index is 430. The first-order valence-electron chi connectivity index (χ1n) is 7.35. The average molecular weight is 262 g/mol. The van der Waals surface area contributed by atoms with Gasteiger partial charge in [0.1, 0.15) is 0 Å². The summed E-state index contributed by atoms with van der Waals surface area (Å²) in [5.41, 5.74) is 0.746. The van der Waals surface area contributed by atoms with Crippen molar-refractivity contribution in [2.75, 3.05) is 26.2 Å². The lowest BCUT2D eigenvalue weighted by Gasteiger charge is -2.22. The summed E-state index contributed by atoms with van der Waals surface area (Å²) in [6.45, 7) is 4.95. The highest BCUT2D eigenvalue weighted by molar-refractivity contribution is 5.93. The van der Waals surface area contributed by atoms with Crippen LogP contribution in [-0.2, 0) is 6.54 Å². The van der Waals surface area contributed by atoms with E-state index in [1.165, 1.54) is 12.8 Å². The summed E-state index contributed by atoms with van der Waals surface area (Å²) in [5, 5.41) is 7.72. The van der Waals surface area contributed by atoms with Gasteiger partial charge < -0.3 is 10.2 Å². The molecule has 0 spiro atoms. The Morgan fingerprint density at radius 2 is 2.05 bits per heavy atom. The molecule has 1 N–H and O–H groups in total. The first-order chi connectivity index (χ1) is 9.33. The van der Waals surface area contributed by atoms with Gasteiger partial charge in [-0.2, -0.15) is 5.10 Å². The number of hydrogen-bond acceptors (Lipinski definition) is 3. The second kappa shape index (κ2) is 5.74. The van der Waals surface area contributed by atoms with Crippen LogP contribution in [0.2, 0.25) is 0 Å². The molecule has 0 aliphatic carbocycles. The fraction of sp³-hybridized carbons (Fsp3) is 0.714. The number of aromatic nitrogens is 2. The van der Waals surface area contributed by atoms with Gasteiger partial charge in [-0.15, -0.1) is 0 Å². The first kappa shape index (κ1) is 12.7. The quantitative estimate of drug-likeness (QED) is 0.888. The van der Waals surface area contributed by atoms with Crippen molar-refractivity contribution < 1.29 is 4.79 Å². The molecule has 5 nitrogen and oxygen atoms in total. The van der Waals surface area contributed by atoms with Crippen molar-refractivity contribution in [1.29, 1.82) is 0 Å². The summed E-state index contributed by atoms with van der Waals surface area (Å²) in [6.07, 6.45) is 8.32. The molecule has 2 saturated heterocycles. The molecule has 2 fully saturated rings. The van der Waals surface area contributed by atoms with E-state index in [0.717, 1.165) is 51.1 Å². The maximum atomic E-state index is 12.2. The van der Waals surface area contributed by atoms with Crippen LogP contribution in [0.4, 0.5) is 0 Å². The van der Waals surface area contributed by atoms with E-state index in [2.05, 4.69) is 10.4 Å². The number of piperidine rings is 1. The number of carbonyl (C=O) groups excluding carboxylic acids is 1. The normalized spacial score (nSPS) is 20.9. The van der Waals surface area contributed by atoms with Gasteiger partial charge in [-0.05, 0) is 44.7 Å². The van der Waals surface area contributed by atoms with Gasteiger partial charge in [0.05, 0.1) is 11.8 Å². The predicted molar refractivity (Wildman–Crippen MR) is 73.0 cm³/mol. The van der Waals surface area contributed by atoms with Gasteiger partial charge in [-0.1, -0.05) is 0 Å². The lowest BCUT2D eigenvalue weighted by Crippen LogP contribution is -2.30. The van der Waals surface area contributed by atoms with Crippen molar-refractivity contribution in [3.63, 3.8) is 0 Å². The third-order valence-electron chi connectivity index (χ3n) is 4.18. The molecule has 3 rings (SSSR count). The average Bonchev–Trinajstić information content (AvgIpc) is 3.10. The second-order valence-electron chi connectivity index (χ2n) is 5.64. The van der Waals surface area contributed by atoms with Gasteiger partial charge in [0, 0.05) is 25.8 Å². The first-order valence-corrected chi connectivity index (χ1v) is 7.35. The molecule has 0 saturated carbocycles. The largest absolute Gasteiger partial charge is 0.339 e. The standard InChI is InChI=1S/C14H22N4O/c19-14(17-7-1-2-8-17)13-9-16-18(11-13)10-12-3-5-15-6-4-12/h9,11-12,15H,1-8,10H2. The van der Waals surface area contributed by atoms with Gasteiger partial charge >= 0.3 is 0 Å². The zero-order valence-corrected chi connectivity index (χ0v) is 11.3. The Kier molecular flexibility index (Phi) is 3.82. The van der Waals surface area contributed by atoms with Gasteiger partial charge in [0.2, 0.25) is 0 Å². The molecule has 0 aromatic carbocycles. The topological polar surface area (TPSA) is 50.2 Å². The minimum absolute atomic E-state index is 0.147. The smallest absolute Gasteiger partial charge is 0.257 e. The molecular weight excluding hydrogens is 240 g/mol. The molecule has 0 bridgehead atoms. The van der Waals surface area contributed by atoms with Crippen LogP contribution in [-0.4, -0.2) is 46.8 Å². The van der Waals surface area contributed by atoms with Crippen molar-refractivity contribution in [3.8, 4) is 0 Å². The highest BCUT2D eigenvalue weighted by atomic mass is 16.2. The molecule has 0 atom stereocenters. The van der Waals surface area contributed by atoms with Gasteiger partial charge in [0.25, 0.3) is 5.91 Å². The molecule has 0 radical (unpaired) electrons. The number of likely N-dealkylation sites (tertiary alicyclic amines) is 1. The van der Waals surface area contributed by atoms with E-state index < -0.39 is 0 Å². The molecule has 2 aliphatic heterocycles.